The van der Waals surface area contributed by atoms with E-state index < -0.39 is 28.6 Å². The van der Waals surface area contributed by atoms with Crippen LogP contribution in [-0.4, -0.2) is 39.6 Å². The number of amides is 1. The fourth-order valence-corrected chi connectivity index (χ4v) is 3.04. The van der Waals surface area contributed by atoms with E-state index >= 15 is 0 Å². The van der Waals surface area contributed by atoms with Gasteiger partial charge in [-0.15, -0.1) is 0 Å². The monoisotopic (exact) mass is 392 g/mol. The second-order valence-electron chi connectivity index (χ2n) is 8.05. The minimum Gasteiger partial charge on any atom is -0.461 e. The highest BCUT2D eigenvalue weighted by molar-refractivity contribution is 5.81. The summed E-state index contributed by atoms with van der Waals surface area (Å²) in [6.45, 7) is 6.78. The van der Waals surface area contributed by atoms with Gasteiger partial charge >= 0.3 is 12.1 Å². The van der Waals surface area contributed by atoms with E-state index in [-0.39, 0.29) is 18.3 Å². The van der Waals surface area contributed by atoms with Crippen LogP contribution in [0.1, 0.15) is 58.9 Å². The molecule has 0 saturated heterocycles. The molecule has 8 heteroatoms. The van der Waals surface area contributed by atoms with Crippen LogP contribution in [0.3, 0.4) is 0 Å². The average Bonchev–Trinajstić information content (AvgIpc) is 3.10. The smallest absolute Gasteiger partial charge is 0.411 e. The Morgan fingerprint density at radius 2 is 1.93 bits per heavy atom. The Balaban J connectivity index is 2.20. The van der Waals surface area contributed by atoms with Crippen LogP contribution in [0, 0.1) is 10.1 Å². The number of carbonyl (C=O) groups excluding carboxylic acids is 2. The summed E-state index contributed by atoms with van der Waals surface area (Å²) in [5, 5.41) is 11.0. The van der Waals surface area contributed by atoms with Gasteiger partial charge in [-0.25, -0.2) is 9.59 Å². The number of benzene rings is 1. The summed E-state index contributed by atoms with van der Waals surface area (Å²) >= 11 is 0. The van der Waals surface area contributed by atoms with E-state index in [2.05, 4.69) is 0 Å². The van der Waals surface area contributed by atoms with Crippen molar-refractivity contribution in [2.45, 2.75) is 77.7 Å². The molecule has 1 saturated carbocycles. The number of nitrogens with zero attached hydrogens (tertiary/aromatic N) is 2. The van der Waals surface area contributed by atoms with Gasteiger partial charge in [-0.3, -0.25) is 15.0 Å². The lowest BCUT2D eigenvalue weighted by atomic mass is 10.1. The van der Waals surface area contributed by atoms with Crippen molar-refractivity contribution in [3.63, 3.8) is 0 Å². The number of non-ortho nitro benzene ring substituents is 1. The molecule has 0 spiro atoms. The molecule has 0 N–H and O–H groups in total. The van der Waals surface area contributed by atoms with Crippen LogP contribution in [0.4, 0.5) is 10.5 Å². The van der Waals surface area contributed by atoms with Crippen LogP contribution in [0.2, 0.25) is 0 Å². The first kappa shape index (κ1) is 21.7. The van der Waals surface area contributed by atoms with Gasteiger partial charge in [-0.1, -0.05) is 12.1 Å². The maximum absolute atomic E-state index is 12.7. The Kier molecular flexibility index (Phi) is 6.99. The Bertz CT molecular complexity index is 722. The van der Waals surface area contributed by atoms with Gasteiger partial charge in [0.25, 0.3) is 5.69 Å². The zero-order valence-corrected chi connectivity index (χ0v) is 16.8. The fraction of sp³-hybridized carbons (Fsp3) is 0.600. The number of rotatable bonds is 6. The summed E-state index contributed by atoms with van der Waals surface area (Å²) in [6, 6.07) is 5.09. The van der Waals surface area contributed by atoms with Crippen LogP contribution in [0.5, 0.6) is 0 Å². The Morgan fingerprint density at radius 1 is 1.29 bits per heavy atom. The van der Waals surface area contributed by atoms with E-state index in [0.29, 0.717) is 5.56 Å². The molecule has 1 aromatic rings. The third-order valence-electron chi connectivity index (χ3n) is 4.50. The molecular weight excluding hydrogens is 364 g/mol. The molecule has 0 radical (unpaired) electrons. The van der Waals surface area contributed by atoms with Crippen molar-refractivity contribution in [3.05, 3.63) is 39.9 Å². The molecule has 2 rings (SSSR count). The molecule has 1 aliphatic carbocycles. The Morgan fingerprint density at radius 3 is 2.50 bits per heavy atom. The minimum absolute atomic E-state index is 0.00245. The molecule has 154 valence electrons. The molecule has 8 nitrogen and oxygen atoms in total. The number of nitro groups is 1. The van der Waals surface area contributed by atoms with Crippen molar-refractivity contribution in [1.29, 1.82) is 0 Å². The molecule has 0 aliphatic heterocycles. The van der Waals surface area contributed by atoms with E-state index in [1.165, 1.54) is 17.0 Å². The SMILES string of the molecule is C[C@@H](C(=O)OC1CCCC1)N(Cc1cccc([N+](=O)[O-])c1)C(=O)OC(C)(C)C. The molecule has 0 aromatic heterocycles. The largest absolute Gasteiger partial charge is 0.461 e. The number of esters is 1. The van der Waals surface area contributed by atoms with Crippen molar-refractivity contribution in [2.75, 3.05) is 0 Å². The second kappa shape index (κ2) is 9.03. The van der Waals surface area contributed by atoms with E-state index in [4.69, 9.17) is 9.47 Å². The van der Waals surface area contributed by atoms with Crippen LogP contribution in [-0.2, 0) is 20.8 Å². The van der Waals surface area contributed by atoms with Crippen LogP contribution >= 0.6 is 0 Å². The van der Waals surface area contributed by atoms with Gasteiger partial charge in [-0.05, 0) is 58.9 Å². The van der Waals surface area contributed by atoms with Gasteiger partial charge in [0.15, 0.2) is 0 Å². The lowest BCUT2D eigenvalue weighted by Crippen LogP contribution is -2.46. The normalized spacial score (nSPS) is 15.7. The number of ether oxygens (including phenoxy) is 2. The van der Waals surface area contributed by atoms with E-state index in [1.54, 1.807) is 39.8 Å². The number of carbonyl (C=O) groups is 2. The van der Waals surface area contributed by atoms with Crippen LogP contribution < -0.4 is 0 Å². The Labute approximate surface area is 164 Å². The zero-order valence-electron chi connectivity index (χ0n) is 16.8. The highest BCUT2D eigenvalue weighted by Gasteiger charge is 2.33. The zero-order chi connectivity index (χ0) is 20.9. The van der Waals surface area contributed by atoms with Gasteiger partial charge < -0.3 is 9.47 Å². The first-order valence-electron chi connectivity index (χ1n) is 9.50. The summed E-state index contributed by atoms with van der Waals surface area (Å²) in [5.41, 5.74) is -0.295. The van der Waals surface area contributed by atoms with Gasteiger partial charge in [0, 0.05) is 12.1 Å². The van der Waals surface area contributed by atoms with Crippen LogP contribution in [0.25, 0.3) is 0 Å². The molecule has 1 amide bonds. The molecular formula is C20H28N2O6. The van der Waals surface area contributed by atoms with Crippen LogP contribution in [0.15, 0.2) is 24.3 Å². The average molecular weight is 392 g/mol. The van der Waals surface area contributed by atoms with Crippen molar-refractivity contribution in [1.82, 2.24) is 4.90 Å². The topological polar surface area (TPSA) is 99.0 Å². The predicted molar refractivity (Wildman–Crippen MR) is 103 cm³/mol. The Hall–Kier alpha value is -2.64. The third kappa shape index (κ3) is 6.21. The quantitative estimate of drug-likeness (QED) is 0.409. The van der Waals surface area contributed by atoms with Gasteiger partial charge in [0.1, 0.15) is 17.7 Å². The van der Waals surface area contributed by atoms with Gasteiger partial charge in [-0.2, -0.15) is 0 Å². The lowest BCUT2D eigenvalue weighted by Gasteiger charge is -2.31. The maximum atomic E-state index is 12.7. The number of hydrogen-bond acceptors (Lipinski definition) is 6. The maximum Gasteiger partial charge on any atom is 0.411 e. The first-order valence-corrected chi connectivity index (χ1v) is 9.50. The van der Waals surface area contributed by atoms with E-state index in [1.807, 2.05) is 0 Å². The summed E-state index contributed by atoms with van der Waals surface area (Å²) in [6.07, 6.45) is 2.92. The van der Waals surface area contributed by atoms with Gasteiger partial charge in [0.2, 0.25) is 0 Å². The molecule has 1 aromatic carbocycles. The predicted octanol–water partition coefficient (Wildman–Crippen LogP) is 4.21. The second-order valence-corrected chi connectivity index (χ2v) is 8.05. The molecule has 0 unspecified atom stereocenters. The van der Waals surface area contributed by atoms with Gasteiger partial charge in [0.05, 0.1) is 11.5 Å². The molecule has 1 fully saturated rings. The summed E-state index contributed by atoms with van der Waals surface area (Å²) in [5.74, 6) is -0.497. The highest BCUT2D eigenvalue weighted by atomic mass is 16.6. The summed E-state index contributed by atoms with van der Waals surface area (Å²) < 4.78 is 11.0. The molecule has 28 heavy (non-hydrogen) atoms. The third-order valence-corrected chi connectivity index (χ3v) is 4.50. The highest BCUT2D eigenvalue weighted by Crippen LogP contribution is 2.23. The van der Waals surface area contributed by atoms with E-state index in [0.717, 1.165) is 25.7 Å². The molecule has 0 heterocycles. The summed E-state index contributed by atoms with van der Waals surface area (Å²) in [4.78, 5) is 37.1. The summed E-state index contributed by atoms with van der Waals surface area (Å²) in [7, 11) is 0. The van der Waals surface area contributed by atoms with Crippen molar-refractivity contribution in [2.24, 2.45) is 0 Å². The lowest BCUT2D eigenvalue weighted by molar-refractivity contribution is -0.384. The number of nitro benzene ring substituents is 1. The first-order chi connectivity index (χ1) is 13.1. The fourth-order valence-electron chi connectivity index (χ4n) is 3.04. The minimum atomic E-state index is -0.880. The van der Waals surface area contributed by atoms with Crippen molar-refractivity contribution >= 4 is 17.7 Å². The van der Waals surface area contributed by atoms with Crippen molar-refractivity contribution in [3.8, 4) is 0 Å². The molecule has 1 atom stereocenters. The standard InChI is InChI=1S/C20H28N2O6/c1-14(18(23)27-17-10-5-6-11-17)21(19(24)28-20(2,3)4)13-15-8-7-9-16(12-15)22(25)26/h7-9,12,14,17H,5-6,10-11,13H2,1-4H3/t14-/m0/s1. The molecule has 0 bridgehead atoms. The van der Waals surface area contributed by atoms with Crippen molar-refractivity contribution < 1.29 is 24.0 Å². The molecule has 1 aliphatic rings. The number of hydrogen-bond donors (Lipinski definition) is 0. The van der Waals surface area contributed by atoms with E-state index in [9.17, 15) is 19.7 Å².